The number of allylic oxidation sites excluding steroid dienone is 1. The molecule has 0 aliphatic heterocycles. The number of esters is 1. The van der Waals surface area contributed by atoms with Crippen molar-refractivity contribution in [3.05, 3.63) is 12.3 Å². The van der Waals surface area contributed by atoms with Crippen molar-refractivity contribution in [3.8, 4) is 0 Å². The molecule has 0 bridgehead atoms. The molecule has 0 spiro atoms. The Labute approximate surface area is 72.4 Å². The average molecular weight is 170 g/mol. The summed E-state index contributed by atoms with van der Waals surface area (Å²) < 4.78 is 4.48. The Balaban J connectivity index is 3.47. The Bertz CT molecular complexity index is 182. The van der Waals surface area contributed by atoms with Crippen LogP contribution in [0, 0.1) is 0 Å². The molecular weight excluding hydrogens is 156 g/mol. The lowest BCUT2D eigenvalue weighted by Crippen LogP contribution is -2.09. The van der Waals surface area contributed by atoms with Crippen LogP contribution in [0.5, 0.6) is 0 Å². The van der Waals surface area contributed by atoms with E-state index in [2.05, 4.69) is 11.7 Å². The standard InChI is InChI=1S/C9H14O3/c1-3-4-5-6-7-12-9(11)8(2)10/h6-7H,3-5H2,1-2H3/b7-6+. The van der Waals surface area contributed by atoms with Crippen LogP contribution in [0.1, 0.15) is 33.1 Å². The Morgan fingerprint density at radius 3 is 2.58 bits per heavy atom. The van der Waals surface area contributed by atoms with Crippen LogP contribution in [0.4, 0.5) is 0 Å². The molecular formula is C9H14O3. The van der Waals surface area contributed by atoms with Gasteiger partial charge in [-0.25, -0.2) is 4.79 Å². The number of hydrogen-bond donors (Lipinski definition) is 0. The van der Waals surface area contributed by atoms with E-state index in [4.69, 9.17) is 0 Å². The van der Waals surface area contributed by atoms with E-state index in [1.54, 1.807) is 6.08 Å². The summed E-state index contributed by atoms with van der Waals surface area (Å²) in [5.74, 6) is -1.38. The van der Waals surface area contributed by atoms with E-state index in [0.717, 1.165) is 19.3 Å². The number of carbonyl (C=O) groups excluding carboxylic acids is 2. The molecule has 0 aromatic rings. The zero-order valence-corrected chi connectivity index (χ0v) is 7.50. The first-order valence-electron chi connectivity index (χ1n) is 4.05. The third kappa shape index (κ3) is 5.65. The van der Waals surface area contributed by atoms with Crippen molar-refractivity contribution in [1.29, 1.82) is 0 Å². The van der Waals surface area contributed by atoms with Crippen LogP contribution in [0.25, 0.3) is 0 Å². The van der Waals surface area contributed by atoms with Gasteiger partial charge >= 0.3 is 5.97 Å². The first-order chi connectivity index (χ1) is 5.68. The predicted molar refractivity (Wildman–Crippen MR) is 45.4 cm³/mol. The third-order valence-electron chi connectivity index (χ3n) is 1.28. The minimum absolute atomic E-state index is 0.574. The maximum Gasteiger partial charge on any atom is 0.379 e. The minimum atomic E-state index is -0.803. The normalized spacial score (nSPS) is 10.2. The van der Waals surface area contributed by atoms with Crippen LogP contribution >= 0.6 is 0 Å². The zero-order chi connectivity index (χ0) is 9.40. The van der Waals surface area contributed by atoms with E-state index in [1.807, 2.05) is 0 Å². The summed E-state index contributed by atoms with van der Waals surface area (Å²) in [6.45, 7) is 3.26. The molecule has 0 saturated heterocycles. The first-order valence-corrected chi connectivity index (χ1v) is 4.05. The van der Waals surface area contributed by atoms with Gasteiger partial charge in [-0.2, -0.15) is 0 Å². The molecule has 3 nitrogen and oxygen atoms in total. The number of Topliss-reactive ketones (excluding diaryl/α,β-unsaturated/α-hetero) is 1. The van der Waals surface area contributed by atoms with Gasteiger partial charge < -0.3 is 4.74 Å². The van der Waals surface area contributed by atoms with E-state index in [9.17, 15) is 9.59 Å². The lowest BCUT2D eigenvalue weighted by molar-refractivity contribution is -0.148. The minimum Gasteiger partial charge on any atom is -0.429 e. The Morgan fingerprint density at radius 2 is 2.08 bits per heavy atom. The highest BCUT2D eigenvalue weighted by atomic mass is 16.5. The van der Waals surface area contributed by atoms with Crippen LogP contribution < -0.4 is 0 Å². The van der Waals surface area contributed by atoms with Crippen molar-refractivity contribution >= 4 is 11.8 Å². The number of hydrogen-bond acceptors (Lipinski definition) is 3. The van der Waals surface area contributed by atoms with Gasteiger partial charge in [0.15, 0.2) is 0 Å². The van der Waals surface area contributed by atoms with Crippen molar-refractivity contribution in [3.63, 3.8) is 0 Å². The second kappa shape index (κ2) is 6.58. The number of unbranched alkanes of at least 4 members (excludes halogenated alkanes) is 2. The maximum atomic E-state index is 10.6. The third-order valence-corrected chi connectivity index (χ3v) is 1.28. The molecule has 0 aliphatic carbocycles. The number of rotatable bonds is 5. The molecule has 0 aliphatic rings. The van der Waals surface area contributed by atoms with E-state index >= 15 is 0 Å². The fourth-order valence-corrected chi connectivity index (χ4v) is 0.583. The van der Waals surface area contributed by atoms with E-state index in [-0.39, 0.29) is 0 Å². The zero-order valence-electron chi connectivity index (χ0n) is 7.50. The topological polar surface area (TPSA) is 43.4 Å². The largest absolute Gasteiger partial charge is 0.429 e. The van der Waals surface area contributed by atoms with Crippen molar-refractivity contribution in [2.75, 3.05) is 0 Å². The summed E-state index contributed by atoms with van der Waals surface area (Å²) in [6, 6.07) is 0. The number of ketones is 1. The van der Waals surface area contributed by atoms with Gasteiger partial charge in [0.25, 0.3) is 0 Å². The van der Waals surface area contributed by atoms with E-state index in [0.29, 0.717) is 0 Å². The predicted octanol–water partition coefficient (Wildman–Crippen LogP) is 1.82. The molecule has 0 saturated carbocycles. The lowest BCUT2D eigenvalue weighted by atomic mass is 10.2. The van der Waals surface area contributed by atoms with Crippen molar-refractivity contribution in [1.82, 2.24) is 0 Å². The SMILES string of the molecule is CCCC/C=C/OC(=O)C(C)=O. The Hall–Kier alpha value is -1.12. The Morgan fingerprint density at radius 1 is 1.42 bits per heavy atom. The van der Waals surface area contributed by atoms with Crippen LogP contribution in [-0.2, 0) is 14.3 Å². The molecule has 0 atom stereocenters. The summed E-state index contributed by atoms with van der Waals surface area (Å²) in [4.78, 5) is 20.9. The fourth-order valence-electron chi connectivity index (χ4n) is 0.583. The molecule has 0 rings (SSSR count). The highest BCUT2D eigenvalue weighted by Gasteiger charge is 2.05. The van der Waals surface area contributed by atoms with E-state index in [1.165, 1.54) is 13.2 Å². The molecule has 0 radical (unpaired) electrons. The van der Waals surface area contributed by atoms with Gasteiger partial charge in [0, 0.05) is 6.92 Å². The van der Waals surface area contributed by atoms with Crippen LogP contribution in [0.2, 0.25) is 0 Å². The number of ether oxygens (including phenoxy) is 1. The molecule has 0 aromatic heterocycles. The van der Waals surface area contributed by atoms with Crippen LogP contribution in [-0.4, -0.2) is 11.8 Å². The Kier molecular flexibility index (Phi) is 5.97. The summed E-state index contributed by atoms with van der Waals surface area (Å²) >= 11 is 0. The molecule has 12 heavy (non-hydrogen) atoms. The first kappa shape index (κ1) is 10.9. The number of carbonyl (C=O) groups is 2. The second-order valence-electron chi connectivity index (χ2n) is 2.48. The van der Waals surface area contributed by atoms with Crippen LogP contribution in [0.3, 0.4) is 0 Å². The van der Waals surface area contributed by atoms with Crippen molar-refractivity contribution in [2.45, 2.75) is 33.1 Å². The quantitative estimate of drug-likeness (QED) is 0.273. The molecule has 0 amide bonds. The molecule has 0 aromatic carbocycles. The van der Waals surface area contributed by atoms with Gasteiger partial charge in [0.1, 0.15) is 0 Å². The smallest absolute Gasteiger partial charge is 0.379 e. The monoisotopic (exact) mass is 170 g/mol. The van der Waals surface area contributed by atoms with E-state index < -0.39 is 11.8 Å². The highest BCUT2D eigenvalue weighted by Crippen LogP contribution is 1.95. The molecule has 0 fully saturated rings. The molecule has 0 unspecified atom stereocenters. The van der Waals surface area contributed by atoms with Crippen LogP contribution in [0.15, 0.2) is 12.3 Å². The van der Waals surface area contributed by atoms with Gasteiger partial charge in [-0.1, -0.05) is 13.3 Å². The molecule has 3 heteroatoms. The lowest BCUT2D eigenvalue weighted by Gasteiger charge is -1.92. The molecule has 68 valence electrons. The summed E-state index contributed by atoms with van der Waals surface area (Å²) in [5.41, 5.74) is 0. The maximum absolute atomic E-state index is 10.6. The average Bonchev–Trinajstić information content (AvgIpc) is 2.03. The second-order valence-corrected chi connectivity index (χ2v) is 2.48. The summed E-state index contributed by atoms with van der Waals surface area (Å²) in [7, 11) is 0. The van der Waals surface area contributed by atoms with Gasteiger partial charge in [0.05, 0.1) is 6.26 Å². The summed E-state index contributed by atoms with van der Waals surface area (Å²) in [5, 5.41) is 0. The van der Waals surface area contributed by atoms with Gasteiger partial charge in [0.2, 0.25) is 5.78 Å². The van der Waals surface area contributed by atoms with Crippen molar-refractivity contribution < 1.29 is 14.3 Å². The van der Waals surface area contributed by atoms with Gasteiger partial charge in [-0.05, 0) is 18.9 Å². The van der Waals surface area contributed by atoms with Gasteiger partial charge in [-0.15, -0.1) is 0 Å². The summed E-state index contributed by atoms with van der Waals surface area (Å²) in [6.07, 6.45) is 6.06. The van der Waals surface area contributed by atoms with Gasteiger partial charge in [-0.3, -0.25) is 4.79 Å². The molecule has 0 N–H and O–H groups in total. The molecule has 0 heterocycles. The highest BCUT2D eigenvalue weighted by molar-refractivity contribution is 6.32. The van der Waals surface area contributed by atoms with Crippen molar-refractivity contribution in [2.24, 2.45) is 0 Å². The fraction of sp³-hybridized carbons (Fsp3) is 0.556.